The van der Waals surface area contributed by atoms with Crippen molar-refractivity contribution in [3.63, 3.8) is 0 Å². The molecule has 0 aliphatic heterocycles. The molecule has 3 rings (SSSR count). The van der Waals surface area contributed by atoms with Gasteiger partial charge in [0, 0.05) is 17.0 Å². The minimum absolute atomic E-state index is 0.0397. The molecule has 156 valence electrons. The average molecular weight is 415 g/mol. The number of hydrogen-bond donors (Lipinski definition) is 0. The molecule has 0 bridgehead atoms. The second kappa shape index (κ2) is 10.5. The van der Waals surface area contributed by atoms with Crippen LogP contribution in [0, 0.1) is 0 Å². The Bertz CT molecular complexity index is 812. The summed E-state index contributed by atoms with van der Waals surface area (Å²) < 4.78 is 5.00. The van der Waals surface area contributed by atoms with Crippen molar-refractivity contribution in [2.75, 3.05) is 6.61 Å². The van der Waals surface area contributed by atoms with Gasteiger partial charge >= 0.3 is 5.97 Å². The first-order chi connectivity index (χ1) is 14.1. The number of hydrogen-bond acceptors (Lipinski definition) is 5. The number of thiazole rings is 1. The number of ether oxygens (including phenoxy) is 1. The van der Waals surface area contributed by atoms with Gasteiger partial charge in [-0.2, -0.15) is 0 Å². The van der Waals surface area contributed by atoms with Crippen molar-refractivity contribution in [1.29, 1.82) is 0 Å². The molecule has 0 saturated heterocycles. The molecule has 0 radical (unpaired) electrons. The topological polar surface area (TPSA) is 59.5 Å². The van der Waals surface area contributed by atoms with Crippen molar-refractivity contribution >= 4 is 23.2 Å². The van der Waals surface area contributed by atoms with Gasteiger partial charge in [0.25, 0.3) is 5.91 Å². The molecular weight excluding hydrogens is 384 g/mol. The number of aromatic nitrogens is 1. The monoisotopic (exact) mass is 414 g/mol. The van der Waals surface area contributed by atoms with Crippen molar-refractivity contribution in [2.24, 2.45) is 0 Å². The van der Waals surface area contributed by atoms with Crippen LogP contribution in [0.3, 0.4) is 0 Å². The summed E-state index contributed by atoms with van der Waals surface area (Å²) in [6.45, 7) is 4.75. The van der Waals surface area contributed by atoms with Crippen LogP contribution in [0.4, 0.5) is 0 Å². The van der Waals surface area contributed by atoms with E-state index in [1.54, 1.807) is 12.3 Å². The molecule has 0 unspecified atom stereocenters. The highest BCUT2D eigenvalue weighted by atomic mass is 32.1. The van der Waals surface area contributed by atoms with Gasteiger partial charge in [-0.3, -0.25) is 4.79 Å². The molecule has 6 heteroatoms. The zero-order chi connectivity index (χ0) is 20.6. The van der Waals surface area contributed by atoms with Crippen LogP contribution in [-0.2, 0) is 17.7 Å². The summed E-state index contributed by atoms with van der Waals surface area (Å²) >= 11 is 1.40. The molecule has 0 atom stereocenters. The lowest BCUT2D eigenvalue weighted by Gasteiger charge is -2.21. The molecule has 0 spiro atoms. The van der Waals surface area contributed by atoms with Gasteiger partial charge in [0.1, 0.15) is 5.01 Å². The number of carbonyl (C=O) groups excluding carboxylic acids is 2. The zero-order valence-corrected chi connectivity index (χ0v) is 18.2. The molecule has 1 aromatic carbocycles. The number of unbranched alkanes of at least 4 members (excludes halogenated alkanes) is 3. The highest BCUT2D eigenvalue weighted by Gasteiger charge is 2.33. The van der Waals surface area contributed by atoms with Gasteiger partial charge in [-0.15, -0.1) is 11.3 Å². The van der Waals surface area contributed by atoms with Crippen molar-refractivity contribution in [3.8, 4) is 0 Å². The fourth-order valence-electron chi connectivity index (χ4n) is 3.32. The van der Waals surface area contributed by atoms with Gasteiger partial charge in [-0.25, -0.2) is 9.78 Å². The van der Waals surface area contributed by atoms with Crippen LogP contribution < -0.4 is 0 Å². The van der Waals surface area contributed by atoms with Crippen LogP contribution in [0.1, 0.15) is 83.8 Å². The third-order valence-electron chi connectivity index (χ3n) is 5.11. The second-order valence-corrected chi connectivity index (χ2v) is 8.46. The van der Waals surface area contributed by atoms with Crippen LogP contribution in [0.15, 0.2) is 29.6 Å². The summed E-state index contributed by atoms with van der Waals surface area (Å²) in [5, 5.41) is 2.47. The minimum atomic E-state index is -0.408. The molecule has 1 fully saturated rings. The van der Waals surface area contributed by atoms with E-state index in [1.807, 2.05) is 17.0 Å². The van der Waals surface area contributed by atoms with E-state index in [0.29, 0.717) is 18.8 Å². The number of benzene rings is 1. The number of amides is 1. The Kier molecular flexibility index (Phi) is 7.81. The quantitative estimate of drug-likeness (QED) is 0.372. The molecule has 1 aromatic heterocycles. The molecule has 1 amide bonds. The second-order valence-electron chi connectivity index (χ2n) is 7.52. The van der Waals surface area contributed by atoms with E-state index in [0.717, 1.165) is 29.8 Å². The van der Waals surface area contributed by atoms with Crippen molar-refractivity contribution < 1.29 is 14.3 Å². The van der Waals surface area contributed by atoms with Crippen LogP contribution in [0.2, 0.25) is 0 Å². The lowest BCUT2D eigenvalue weighted by atomic mass is 10.0. The van der Waals surface area contributed by atoms with E-state index < -0.39 is 5.97 Å². The van der Waals surface area contributed by atoms with Crippen molar-refractivity contribution in [1.82, 2.24) is 9.88 Å². The minimum Gasteiger partial charge on any atom is -0.461 e. The summed E-state index contributed by atoms with van der Waals surface area (Å²) in [5.41, 5.74) is 2.33. The number of aryl methyl sites for hydroxylation is 1. The summed E-state index contributed by atoms with van der Waals surface area (Å²) in [6.07, 6.45) is 8.09. The van der Waals surface area contributed by atoms with Gasteiger partial charge in [-0.05, 0) is 50.3 Å². The first kappa shape index (κ1) is 21.5. The molecule has 1 saturated carbocycles. The van der Waals surface area contributed by atoms with Crippen LogP contribution in [-0.4, -0.2) is 34.4 Å². The largest absolute Gasteiger partial charge is 0.461 e. The third-order valence-corrected chi connectivity index (χ3v) is 5.94. The Morgan fingerprint density at radius 3 is 2.55 bits per heavy atom. The predicted molar refractivity (Wildman–Crippen MR) is 115 cm³/mol. The Hall–Kier alpha value is -2.21. The maximum Gasteiger partial charge on any atom is 0.357 e. The Morgan fingerprint density at radius 1 is 1.14 bits per heavy atom. The van der Waals surface area contributed by atoms with E-state index in [1.165, 1.54) is 42.6 Å². The Balaban J connectivity index is 1.62. The first-order valence-corrected chi connectivity index (χ1v) is 11.5. The summed E-state index contributed by atoms with van der Waals surface area (Å²) in [4.78, 5) is 31.2. The standard InChI is InChI=1S/C23H30N2O3S/c1-3-5-6-7-8-17-9-11-18(12-10-17)22(26)25(19-13-14-19)15-21-24-20(16-29-21)23(27)28-4-2/h9-12,16,19H,3-8,13-15H2,1-2H3. The molecule has 2 aromatic rings. The van der Waals surface area contributed by atoms with E-state index in [2.05, 4.69) is 24.0 Å². The Labute approximate surface area is 177 Å². The Morgan fingerprint density at radius 2 is 1.90 bits per heavy atom. The summed E-state index contributed by atoms with van der Waals surface area (Å²) in [5.74, 6) is -0.369. The van der Waals surface area contributed by atoms with E-state index in [-0.39, 0.29) is 11.9 Å². The molecule has 1 aliphatic carbocycles. The normalized spacial score (nSPS) is 13.3. The highest BCUT2D eigenvalue weighted by Crippen LogP contribution is 2.30. The number of carbonyl (C=O) groups is 2. The van der Waals surface area contributed by atoms with Gasteiger partial charge < -0.3 is 9.64 Å². The molecule has 0 N–H and O–H groups in total. The maximum absolute atomic E-state index is 13.1. The van der Waals surface area contributed by atoms with Gasteiger partial charge in [0.05, 0.1) is 13.2 Å². The highest BCUT2D eigenvalue weighted by molar-refractivity contribution is 7.09. The van der Waals surface area contributed by atoms with Crippen molar-refractivity contribution in [2.45, 2.75) is 71.4 Å². The lowest BCUT2D eigenvalue weighted by molar-refractivity contribution is 0.0520. The molecule has 1 heterocycles. The van der Waals surface area contributed by atoms with Gasteiger partial charge in [-0.1, -0.05) is 38.3 Å². The average Bonchev–Trinajstić information content (AvgIpc) is 3.47. The van der Waals surface area contributed by atoms with Gasteiger partial charge in [0.2, 0.25) is 0 Å². The zero-order valence-electron chi connectivity index (χ0n) is 17.4. The summed E-state index contributed by atoms with van der Waals surface area (Å²) in [6, 6.07) is 8.31. The van der Waals surface area contributed by atoms with Crippen molar-refractivity contribution in [3.05, 3.63) is 51.5 Å². The molecular formula is C23H30N2O3S. The smallest absolute Gasteiger partial charge is 0.357 e. The number of rotatable bonds is 11. The third kappa shape index (κ3) is 6.13. The lowest BCUT2D eigenvalue weighted by Crippen LogP contribution is -2.32. The van der Waals surface area contributed by atoms with Crippen LogP contribution >= 0.6 is 11.3 Å². The van der Waals surface area contributed by atoms with Crippen LogP contribution in [0.5, 0.6) is 0 Å². The number of nitrogens with zero attached hydrogens (tertiary/aromatic N) is 2. The molecule has 1 aliphatic rings. The first-order valence-electron chi connectivity index (χ1n) is 10.6. The maximum atomic E-state index is 13.1. The van der Waals surface area contributed by atoms with E-state index in [9.17, 15) is 9.59 Å². The molecule has 29 heavy (non-hydrogen) atoms. The fourth-order valence-corrected chi connectivity index (χ4v) is 4.08. The van der Waals surface area contributed by atoms with E-state index >= 15 is 0 Å². The number of esters is 1. The fraction of sp³-hybridized carbons (Fsp3) is 0.522. The SMILES string of the molecule is CCCCCCc1ccc(C(=O)N(Cc2nc(C(=O)OCC)cs2)C2CC2)cc1. The summed E-state index contributed by atoms with van der Waals surface area (Å²) in [7, 11) is 0. The van der Waals surface area contributed by atoms with Gasteiger partial charge in [0.15, 0.2) is 5.69 Å². The van der Waals surface area contributed by atoms with E-state index in [4.69, 9.17) is 4.74 Å². The molecule has 5 nitrogen and oxygen atoms in total. The predicted octanol–water partition coefficient (Wildman–Crippen LogP) is 5.25. The van der Waals surface area contributed by atoms with Crippen LogP contribution in [0.25, 0.3) is 0 Å².